The molecule has 0 aliphatic carbocycles. The van der Waals surface area contributed by atoms with Crippen molar-refractivity contribution < 1.29 is 23.6 Å². The summed E-state index contributed by atoms with van der Waals surface area (Å²) in [5.41, 5.74) is 1.91. The molecular formula is C20H14N2O5. The maximum absolute atomic E-state index is 12.6. The van der Waals surface area contributed by atoms with Gasteiger partial charge < -0.3 is 9.26 Å². The van der Waals surface area contributed by atoms with Crippen LogP contribution in [-0.2, 0) is 11.3 Å². The molecule has 4 rings (SSSR count). The number of rotatable bonds is 4. The Kier molecular flexibility index (Phi) is 4.04. The van der Waals surface area contributed by atoms with Gasteiger partial charge in [-0.2, -0.15) is 0 Å². The minimum absolute atomic E-state index is 0.0586. The Labute approximate surface area is 154 Å². The van der Waals surface area contributed by atoms with Gasteiger partial charge in [0, 0.05) is 6.07 Å². The van der Waals surface area contributed by atoms with Gasteiger partial charge in [-0.15, -0.1) is 0 Å². The quantitative estimate of drug-likeness (QED) is 0.523. The first-order valence-electron chi connectivity index (χ1n) is 8.22. The predicted molar refractivity (Wildman–Crippen MR) is 94.4 cm³/mol. The molecule has 0 saturated heterocycles. The lowest BCUT2D eigenvalue weighted by Crippen LogP contribution is -2.29. The molecule has 0 fully saturated rings. The number of anilines is 1. The highest BCUT2D eigenvalue weighted by atomic mass is 16.5. The van der Waals surface area contributed by atoms with E-state index in [2.05, 4.69) is 5.16 Å². The van der Waals surface area contributed by atoms with Crippen LogP contribution in [0.5, 0.6) is 0 Å². The molecule has 0 atom stereocenters. The van der Waals surface area contributed by atoms with Gasteiger partial charge in [0.15, 0.2) is 12.4 Å². The Morgan fingerprint density at radius 2 is 1.74 bits per heavy atom. The number of hydrogen-bond donors (Lipinski definition) is 0. The number of fused-ring (bicyclic) bond motifs is 1. The van der Waals surface area contributed by atoms with Gasteiger partial charge in [0.05, 0.1) is 28.1 Å². The summed E-state index contributed by atoms with van der Waals surface area (Å²) in [5.74, 6) is -1.00. The van der Waals surface area contributed by atoms with Crippen LogP contribution in [0, 0.1) is 6.92 Å². The van der Waals surface area contributed by atoms with Crippen LogP contribution in [0.4, 0.5) is 5.69 Å². The molecule has 0 N–H and O–H groups in total. The summed E-state index contributed by atoms with van der Waals surface area (Å²) < 4.78 is 10.2. The van der Waals surface area contributed by atoms with E-state index in [1.807, 2.05) is 0 Å². The topological polar surface area (TPSA) is 89.7 Å². The molecule has 2 heterocycles. The van der Waals surface area contributed by atoms with E-state index in [0.29, 0.717) is 28.3 Å². The zero-order valence-corrected chi connectivity index (χ0v) is 14.3. The van der Waals surface area contributed by atoms with Crippen molar-refractivity contribution in [1.82, 2.24) is 5.16 Å². The Bertz CT molecular complexity index is 1030. The van der Waals surface area contributed by atoms with Crippen molar-refractivity contribution >= 4 is 23.5 Å². The normalized spacial score (nSPS) is 13.0. The highest BCUT2D eigenvalue weighted by molar-refractivity contribution is 6.34. The molecule has 7 heteroatoms. The Hall–Kier alpha value is -3.74. The van der Waals surface area contributed by atoms with Crippen molar-refractivity contribution in [3.63, 3.8) is 0 Å². The van der Waals surface area contributed by atoms with E-state index in [0.717, 1.165) is 4.90 Å². The summed E-state index contributed by atoms with van der Waals surface area (Å²) in [6, 6.07) is 14.5. The number of hydrogen-bond acceptors (Lipinski definition) is 6. The van der Waals surface area contributed by atoms with Crippen molar-refractivity contribution in [3.8, 4) is 0 Å². The second kappa shape index (κ2) is 6.53. The number of imide groups is 1. The van der Waals surface area contributed by atoms with Crippen LogP contribution in [0.1, 0.15) is 42.5 Å². The van der Waals surface area contributed by atoms with Gasteiger partial charge in [-0.1, -0.05) is 23.4 Å². The summed E-state index contributed by atoms with van der Waals surface area (Å²) in [6.07, 6.45) is 0. The van der Waals surface area contributed by atoms with Crippen molar-refractivity contribution in [2.45, 2.75) is 13.5 Å². The highest BCUT2D eigenvalue weighted by Crippen LogP contribution is 2.28. The third kappa shape index (κ3) is 2.99. The lowest BCUT2D eigenvalue weighted by atomic mass is 10.1. The molecule has 0 saturated carbocycles. The van der Waals surface area contributed by atoms with E-state index in [-0.39, 0.29) is 12.2 Å². The first-order chi connectivity index (χ1) is 13.0. The SMILES string of the molecule is Cc1cc(COC(=O)c2cccc(N3C(=O)c4ccccc4C3=O)c2)on1. The number of esters is 1. The monoisotopic (exact) mass is 362 g/mol. The number of carbonyl (C=O) groups is 3. The molecule has 2 aromatic carbocycles. The fraction of sp³-hybridized carbons (Fsp3) is 0.100. The smallest absolute Gasteiger partial charge is 0.338 e. The first kappa shape index (κ1) is 16.7. The maximum atomic E-state index is 12.6. The van der Waals surface area contributed by atoms with Crippen LogP contribution in [0.15, 0.2) is 59.1 Å². The Balaban J connectivity index is 1.55. The Morgan fingerprint density at radius 3 is 2.37 bits per heavy atom. The molecule has 7 nitrogen and oxygen atoms in total. The van der Waals surface area contributed by atoms with E-state index in [9.17, 15) is 14.4 Å². The molecule has 3 aromatic rings. The molecule has 1 aliphatic rings. The minimum Gasteiger partial charge on any atom is -0.454 e. The van der Waals surface area contributed by atoms with Crippen LogP contribution in [0.3, 0.4) is 0 Å². The van der Waals surface area contributed by atoms with Crippen LogP contribution in [0.2, 0.25) is 0 Å². The third-order valence-electron chi connectivity index (χ3n) is 4.16. The highest BCUT2D eigenvalue weighted by Gasteiger charge is 2.36. The van der Waals surface area contributed by atoms with E-state index >= 15 is 0 Å². The molecule has 0 unspecified atom stereocenters. The van der Waals surface area contributed by atoms with Crippen LogP contribution in [0.25, 0.3) is 0 Å². The largest absolute Gasteiger partial charge is 0.454 e. The standard InChI is InChI=1S/C20H14N2O5/c1-12-9-15(27-21-12)11-26-20(25)13-5-4-6-14(10-13)22-18(23)16-7-2-3-8-17(16)19(22)24/h2-10H,11H2,1H3. The summed E-state index contributed by atoms with van der Waals surface area (Å²) in [4.78, 5) is 38.5. The average molecular weight is 362 g/mol. The van der Waals surface area contributed by atoms with Crippen LogP contribution >= 0.6 is 0 Å². The summed E-state index contributed by atoms with van der Waals surface area (Å²) in [7, 11) is 0. The van der Waals surface area contributed by atoms with Crippen molar-refractivity contribution in [2.75, 3.05) is 4.90 Å². The molecule has 134 valence electrons. The number of nitrogens with zero attached hydrogens (tertiary/aromatic N) is 2. The molecule has 0 bridgehead atoms. The van der Waals surface area contributed by atoms with Gasteiger partial charge in [0.1, 0.15) is 0 Å². The molecular weight excluding hydrogens is 348 g/mol. The number of aromatic nitrogens is 1. The van der Waals surface area contributed by atoms with E-state index in [4.69, 9.17) is 9.26 Å². The second-order valence-corrected chi connectivity index (χ2v) is 6.05. The number of carbonyl (C=O) groups excluding carboxylic acids is 3. The summed E-state index contributed by atoms with van der Waals surface area (Å²) in [6.45, 7) is 1.71. The fourth-order valence-electron chi connectivity index (χ4n) is 2.90. The molecule has 27 heavy (non-hydrogen) atoms. The molecule has 0 radical (unpaired) electrons. The maximum Gasteiger partial charge on any atom is 0.338 e. The molecule has 2 amide bonds. The lowest BCUT2D eigenvalue weighted by molar-refractivity contribution is 0.0437. The zero-order chi connectivity index (χ0) is 19.0. The lowest BCUT2D eigenvalue weighted by Gasteiger charge is -2.14. The fourth-order valence-corrected chi connectivity index (χ4v) is 2.90. The predicted octanol–water partition coefficient (Wildman–Crippen LogP) is 3.14. The molecule has 0 spiro atoms. The molecule has 1 aromatic heterocycles. The number of amides is 2. The van der Waals surface area contributed by atoms with Gasteiger partial charge in [-0.3, -0.25) is 9.59 Å². The molecule has 1 aliphatic heterocycles. The van der Waals surface area contributed by atoms with Gasteiger partial charge in [-0.05, 0) is 37.3 Å². The number of aryl methyl sites for hydroxylation is 1. The van der Waals surface area contributed by atoms with E-state index < -0.39 is 17.8 Å². The minimum atomic E-state index is -0.595. The van der Waals surface area contributed by atoms with Gasteiger partial charge in [0.25, 0.3) is 11.8 Å². The van der Waals surface area contributed by atoms with Crippen LogP contribution in [-0.4, -0.2) is 22.9 Å². The van der Waals surface area contributed by atoms with Crippen molar-refractivity contribution in [1.29, 1.82) is 0 Å². The average Bonchev–Trinajstić information content (AvgIpc) is 3.21. The van der Waals surface area contributed by atoms with E-state index in [1.54, 1.807) is 55.5 Å². The Morgan fingerprint density at radius 1 is 1.04 bits per heavy atom. The third-order valence-corrected chi connectivity index (χ3v) is 4.16. The van der Waals surface area contributed by atoms with Crippen LogP contribution < -0.4 is 4.90 Å². The summed E-state index contributed by atoms with van der Waals surface area (Å²) in [5, 5.41) is 3.72. The zero-order valence-electron chi connectivity index (χ0n) is 14.3. The van der Waals surface area contributed by atoms with Crippen molar-refractivity contribution in [3.05, 3.63) is 82.7 Å². The van der Waals surface area contributed by atoms with Crippen molar-refractivity contribution in [2.24, 2.45) is 0 Å². The number of benzene rings is 2. The first-order valence-corrected chi connectivity index (χ1v) is 8.22. The van der Waals surface area contributed by atoms with Gasteiger partial charge in [-0.25, -0.2) is 9.69 Å². The second-order valence-electron chi connectivity index (χ2n) is 6.05. The van der Waals surface area contributed by atoms with Gasteiger partial charge >= 0.3 is 5.97 Å². The summed E-state index contributed by atoms with van der Waals surface area (Å²) >= 11 is 0. The van der Waals surface area contributed by atoms with E-state index in [1.165, 1.54) is 6.07 Å². The van der Waals surface area contributed by atoms with Gasteiger partial charge in [0.2, 0.25) is 0 Å². The number of ether oxygens (including phenoxy) is 1.